The lowest BCUT2D eigenvalue weighted by atomic mass is 9.79. The van der Waals surface area contributed by atoms with Gasteiger partial charge in [-0.25, -0.2) is 0 Å². The van der Waals surface area contributed by atoms with Crippen LogP contribution in [0.2, 0.25) is 5.04 Å². The molecular weight excluding hydrogens is 1040 g/mol. The van der Waals surface area contributed by atoms with E-state index in [1.807, 2.05) is 25.1 Å². The van der Waals surface area contributed by atoms with Crippen molar-refractivity contribution in [2.75, 3.05) is 7.11 Å². The monoisotopic (exact) mass is 1140 g/mol. The number of allylic oxidation sites excluding steroid dienone is 1. The molecule has 0 bridgehead atoms. The first-order chi connectivity index (χ1) is 39.3. The van der Waals surface area contributed by atoms with Crippen molar-refractivity contribution in [3.05, 3.63) is 127 Å². The first-order valence-electron chi connectivity index (χ1n) is 31.4. The van der Waals surface area contributed by atoms with E-state index in [-0.39, 0.29) is 103 Å². The maximum absolute atomic E-state index is 15.6. The number of carbonyl (C=O) groups excluding carboxylic acids is 2. The second-order valence-electron chi connectivity index (χ2n) is 26.7. The lowest BCUT2D eigenvalue weighted by Crippen LogP contribution is -2.69. The Morgan fingerprint density at radius 3 is 2.00 bits per heavy atom. The van der Waals surface area contributed by atoms with E-state index in [0.717, 1.165) is 66.5 Å². The Morgan fingerprint density at radius 2 is 1.37 bits per heavy atom. The summed E-state index contributed by atoms with van der Waals surface area (Å²) >= 11 is 0. The summed E-state index contributed by atoms with van der Waals surface area (Å²) in [7, 11) is -1.51. The van der Waals surface area contributed by atoms with Crippen molar-refractivity contribution in [3.63, 3.8) is 0 Å². The van der Waals surface area contributed by atoms with Crippen LogP contribution < -0.4 is 10.4 Å². The van der Waals surface area contributed by atoms with Crippen molar-refractivity contribution >= 4 is 30.4 Å². The lowest BCUT2D eigenvalue weighted by Gasteiger charge is -2.51. The van der Waals surface area contributed by atoms with Gasteiger partial charge in [-0.3, -0.25) is 9.59 Å². The number of benzene rings is 3. The van der Waals surface area contributed by atoms with Crippen molar-refractivity contribution < 1.29 is 51.9 Å². The van der Waals surface area contributed by atoms with Gasteiger partial charge in [0, 0.05) is 37.7 Å². The highest BCUT2D eigenvalue weighted by atomic mass is 28.4. The van der Waals surface area contributed by atoms with Crippen LogP contribution in [0.1, 0.15) is 164 Å². The fourth-order valence-electron chi connectivity index (χ4n) is 15.0. The number of hydrogen-bond donors (Lipinski definition) is 0. The van der Waals surface area contributed by atoms with E-state index in [0.29, 0.717) is 37.5 Å². The third-order valence-electron chi connectivity index (χ3n) is 19.5. The first kappa shape index (κ1) is 62.5. The predicted molar refractivity (Wildman–Crippen MR) is 325 cm³/mol. The molecule has 448 valence electrons. The zero-order valence-corrected chi connectivity index (χ0v) is 52.3. The number of carbonyl (C=O) groups is 2. The molecule has 12 heteroatoms. The van der Waals surface area contributed by atoms with E-state index < -0.39 is 44.8 Å². The van der Waals surface area contributed by atoms with Crippen LogP contribution in [0.15, 0.2) is 121 Å². The van der Waals surface area contributed by atoms with Crippen LogP contribution in [0.5, 0.6) is 0 Å². The van der Waals surface area contributed by atoms with Crippen LogP contribution in [-0.2, 0) is 51.9 Å². The maximum atomic E-state index is 15.6. The Bertz CT molecular complexity index is 2580. The van der Waals surface area contributed by atoms with Crippen LogP contribution in [0.4, 0.5) is 0 Å². The van der Waals surface area contributed by atoms with E-state index in [4.69, 9.17) is 42.3 Å². The second-order valence-corrected chi connectivity index (χ2v) is 30.9. The summed E-state index contributed by atoms with van der Waals surface area (Å²) < 4.78 is 62.5. The van der Waals surface area contributed by atoms with Gasteiger partial charge in [0.25, 0.3) is 8.32 Å². The average molecular weight is 1140 g/mol. The fourth-order valence-corrected chi connectivity index (χ4v) is 19.7. The van der Waals surface area contributed by atoms with Crippen LogP contribution in [-0.4, -0.2) is 119 Å². The predicted octanol–water partition coefficient (Wildman–Crippen LogP) is 12.8. The van der Waals surface area contributed by atoms with Gasteiger partial charge >= 0.3 is 5.97 Å². The Morgan fingerprint density at radius 1 is 0.720 bits per heavy atom. The molecule has 6 heterocycles. The van der Waals surface area contributed by atoms with Crippen LogP contribution in [0, 0.1) is 23.7 Å². The van der Waals surface area contributed by atoms with Gasteiger partial charge in [-0.05, 0) is 116 Å². The smallest absolute Gasteiger partial charge is 0.308 e. The first-order valence-corrected chi connectivity index (χ1v) is 33.3. The number of esters is 1. The molecule has 6 saturated heterocycles. The van der Waals surface area contributed by atoms with E-state index in [9.17, 15) is 4.79 Å². The molecular formula is C70H98O11Si. The number of fused-ring (bicyclic) bond motifs is 3. The number of hydrogen-bond acceptors (Lipinski definition) is 11. The molecule has 0 amide bonds. The average Bonchev–Trinajstić information content (AvgIpc) is 3.84. The Balaban J connectivity index is 0.962. The molecule has 0 spiro atoms. The minimum Gasteiger partial charge on any atom is -0.459 e. The largest absolute Gasteiger partial charge is 0.459 e. The molecule has 11 nitrogen and oxygen atoms in total. The van der Waals surface area contributed by atoms with Gasteiger partial charge in [0.1, 0.15) is 24.1 Å². The number of Topliss-reactive ketones (excluding diaryl/α,β-unsaturated/α-hetero) is 1. The third kappa shape index (κ3) is 13.9. The summed E-state index contributed by atoms with van der Waals surface area (Å²) in [6.45, 7) is 30.4. The zero-order chi connectivity index (χ0) is 58.5. The SMILES string of the molecule is C=C=C(C)C[C@@H](C)CC[C@@H]1O[C@@H](CC(C(=O)CC2O[C@H]3[C@@H](C)[C@H]4O[C@@H](CC(=O)O[C@@H]5[C@@H](C)[C@@H]6O[C@H](CCC)[C@H](C)C[C@@H]6O[C@H]5CC(C)OC)CC[C@@H]4O[C@H]3[C@H]2O[Si](c2ccccc2)(c2ccccc2)C(C)(C)C)c2ccccc2)CC1=C. The van der Waals surface area contributed by atoms with Crippen molar-refractivity contribution in [1.29, 1.82) is 0 Å². The molecule has 0 N–H and O–H groups in total. The normalized spacial score (nSPS) is 33.9. The number of rotatable bonds is 23. The molecule has 0 aromatic heterocycles. The highest BCUT2D eigenvalue weighted by Gasteiger charge is 2.61. The minimum absolute atomic E-state index is 0.0492. The summed E-state index contributed by atoms with van der Waals surface area (Å²) in [4.78, 5) is 29.9. The molecule has 0 radical (unpaired) electrons. The zero-order valence-electron chi connectivity index (χ0n) is 51.3. The summed E-state index contributed by atoms with van der Waals surface area (Å²) in [5, 5.41) is 1.94. The van der Waals surface area contributed by atoms with E-state index >= 15 is 4.79 Å². The van der Waals surface area contributed by atoms with Gasteiger partial charge in [-0.2, -0.15) is 0 Å². The highest BCUT2D eigenvalue weighted by Crippen LogP contribution is 2.48. The fraction of sp³-hybridized carbons (Fsp3) is 0.643. The van der Waals surface area contributed by atoms with E-state index in [2.05, 4.69) is 154 Å². The second kappa shape index (κ2) is 27.5. The van der Waals surface area contributed by atoms with Gasteiger partial charge in [-0.15, -0.1) is 5.73 Å². The van der Waals surface area contributed by atoms with Gasteiger partial charge in [0.05, 0.1) is 79.7 Å². The summed E-state index contributed by atoms with van der Waals surface area (Å²) in [6.07, 6.45) is 4.86. The van der Waals surface area contributed by atoms with Crippen LogP contribution in [0.3, 0.4) is 0 Å². The summed E-state index contributed by atoms with van der Waals surface area (Å²) in [6, 6.07) is 31.5. The van der Waals surface area contributed by atoms with E-state index in [1.54, 1.807) is 7.11 Å². The molecule has 3 aromatic rings. The third-order valence-corrected chi connectivity index (χ3v) is 24.5. The van der Waals surface area contributed by atoms with Crippen molar-refractivity contribution in [1.82, 2.24) is 0 Å². The molecule has 6 fully saturated rings. The van der Waals surface area contributed by atoms with Gasteiger partial charge < -0.3 is 42.3 Å². The molecule has 6 aliphatic rings. The standard InChI is InChI=1S/C70H98O11Si/c1-14-25-57-46(6)38-60-65(77-57)48(8)66(61(76-60)39-47(7)73-13)80-63(72)41-51-33-35-59-64(75-51)49(9)67-69(78-59)68(81-82(70(10,11)12,53-28-21-17-22-29-53)54-30-23-18-24-31-54)62(79-67)42-56(71)55(50-26-19-16-20-27-50)40-52-37-45(5)58(74-52)34-32-44(4)36-43(3)15-2/h16-24,26-31,44,46-49,51-52,55,57-62,64-69H,2,5,14,25,32-42H2,1,3-4,6-13H3/t44-,46+,47?,48-,49-,51+,52+,55?,57+,58-,59-,60-,61-,62?,64+,65-,66+,67-,68-,69+/m0/s1. The topological polar surface area (TPSA) is 117 Å². The molecule has 0 saturated carbocycles. The summed E-state index contributed by atoms with van der Waals surface area (Å²) in [5.74, 6) is -0.0207. The molecule has 3 aromatic carbocycles. The molecule has 82 heavy (non-hydrogen) atoms. The van der Waals surface area contributed by atoms with Gasteiger partial charge in [-0.1, -0.05) is 166 Å². The Hall–Kier alpha value is -4.04. The van der Waals surface area contributed by atoms with Crippen LogP contribution in [0.25, 0.3) is 0 Å². The van der Waals surface area contributed by atoms with Crippen molar-refractivity contribution in [2.45, 2.75) is 255 Å². The molecule has 20 atom stereocenters. The van der Waals surface area contributed by atoms with Crippen molar-refractivity contribution in [2.24, 2.45) is 23.7 Å². The summed E-state index contributed by atoms with van der Waals surface area (Å²) in [5.41, 5.74) is 6.28. The molecule has 9 rings (SSSR count). The highest BCUT2D eigenvalue weighted by molar-refractivity contribution is 6.99. The number of methoxy groups -OCH3 is 1. The van der Waals surface area contributed by atoms with Gasteiger partial charge in [0.15, 0.2) is 0 Å². The Kier molecular flexibility index (Phi) is 21.0. The van der Waals surface area contributed by atoms with Gasteiger partial charge in [0.2, 0.25) is 0 Å². The maximum Gasteiger partial charge on any atom is 0.308 e. The van der Waals surface area contributed by atoms with Crippen molar-refractivity contribution in [3.8, 4) is 0 Å². The van der Waals surface area contributed by atoms with E-state index in [1.165, 1.54) is 5.57 Å². The number of ketones is 1. The lowest BCUT2D eigenvalue weighted by molar-refractivity contribution is -0.264. The quantitative estimate of drug-likeness (QED) is 0.0391. The Labute approximate surface area is 492 Å². The molecule has 0 aliphatic carbocycles. The molecule has 6 aliphatic heterocycles. The number of ether oxygens (including phenoxy) is 8. The minimum atomic E-state index is -3.22. The molecule has 3 unspecified atom stereocenters. The van der Waals surface area contributed by atoms with Crippen LogP contribution >= 0.6 is 0 Å².